The molecule has 0 aliphatic carbocycles. The third kappa shape index (κ3) is 6.04. The Bertz CT molecular complexity index is 415. The van der Waals surface area contributed by atoms with Gasteiger partial charge in [0.15, 0.2) is 0 Å². The molecule has 0 aliphatic heterocycles. The van der Waals surface area contributed by atoms with Crippen molar-refractivity contribution in [2.24, 2.45) is 5.73 Å². The Morgan fingerprint density at radius 1 is 1.35 bits per heavy atom. The van der Waals surface area contributed by atoms with Gasteiger partial charge in [0.2, 0.25) is 0 Å². The highest BCUT2D eigenvalue weighted by Gasteiger charge is 2.24. The Morgan fingerprint density at radius 2 is 1.95 bits per heavy atom. The summed E-state index contributed by atoms with van der Waals surface area (Å²) >= 11 is 0. The molecule has 1 rings (SSSR count). The van der Waals surface area contributed by atoms with Crippen LogP contribution in [0.2, 0.25) is 0 Å². The van der Waals surface area contributed by atoms with E-state index >= 15 is 0 Å². The van der Waals surface area contributed by atoms with Crippen LogP contribution in [-0.2, 0) is 11.2 Å². The number of aliphatic hydroxyl groups is 1. The molecule has 5 heteroatoms. The highest BCUT2D eigenvalue weighted by atomic mass is 16.6. The minimum Gasteiger partial charge on any atom is -0.444 e. The molecule has 2 atom stereocenters. The average molecular weight is 280 g/mol. The number of nitrogens with two attached hydrogens (primary N) is 1. The Hall–Kier alpha value is -1.59. The summed E-state index contributed by atoms with van der Waals surface area (Å²) in [6.45, 7) is 5.45. The van der Waals surface area contributed by atoms with Crippen molar-refractivity contribution in [1.29, 1.82) is 0 Å². The molecule has 0 fully saturated rings. The minimum atomic E-state index is -0.817. The van der Waals surface area contributed by atoms with E-state index in [2.05, 4.69) is 5.32 Å². The fraction of sp³-hybridized carbons (Fsp3) is 0.533. The monoisotopic (exact) mass is 280 g/mol. The first-order valence-corrected chi connectivity index (χ1v) is 6.73. The lowest BCUT2D eigenvalue weighted by Crippen LogP contribution is -2.49. The second kappa shape index (κ2) is 7.26. The van der Waals surface area contributed by atoms with Gasteiger partial charge in [-0.1, -0.05) is 30.3 Å². The van der Waals surface area contributed by atoms with Gasteiger partial charge in [0, 0.05) is 6.54 Å². The number of rotatable bonds is 5. The predicted octanol–water partition coefficient (Wildman–Crippen LogP) is 1.44. The predicted molar refractivity (Wildman–Crippen MR) is 78.4 cm³/mol. The first kappa shape index (κ1) is 16.5. The van der Waals surface area contributed by atoms with Gasteiger partial charge in [-0.3, -0.25) is 0 Å². The van der Waals surface area contributed by atoms with Crippen molar-refractivity contribution in [3.05, 3.63) is 35.9 Å². The van der Waals surface area contributed by atoms with Gasteiger partial charge in [0.1, 0.15) is 5.60 Å². The van der Waals surface area contributed by atoms with Gasteiger partial charge in [-0.15, -0.1) is 0 Å². The van der Waals surface area contributed by atoms with Gasteiger partial charge in [-0.25, -0.2) is 4.79 Å². The van der Waals surface area contributed by atoms with E-state index in [0.717, 1.165) is 5.56 Å². The number of hydrogen-bond donors (Lipinski definition) is 3. The highest BCUT2D eigenvalue weighted by molar-refractivity contribution is 5.68. The molecule has 5 nitrogen and oxygen atoms in total. The molecule has 0 aromatic heterocycles. The lowest BCUT2D eigenvalue weighted by atomic mass is 10.0. The van der Waals surface area contributed by atoms with Gasteiger partial charge in [0.05, 0.1) is 12.1 Å². The Labute approximate surface area is 120 Å². The second-order valence-corrected chi connectivity index (χ2v) is 5.75. The molecule has 0 radical (unpaired) electrons. The molecule has 0 saturated carbocycles. The van der Waals surface area contributed by atoms with Crippen molar-refractivity contribution in [3.8, 4) is 0 Å². The summed E-state index contributed by atoms with van der Waals surface area (Å²) in [7, 11) is 0. The summed E-state index contributed by atoms with van der Waals surface area (Å²) in [4.78, 5) is 11.8. The fourth-order valence-electron chi connectivity index (χ4n) is 1.77. The normalized spacial score (nSPS) is 14.4. The summed E-state index contributed by atoms with van der Waals surface area (Å²) < 4.78 is 5.20. The highest BCUT2D eigenvalue weighted by Crippen LogP contribution is 2.10. The van der Waals surface area contributed by atoms with Crippen molar-refractivity contribution in [1.82, 2.24) is 5.32 Å². The maximum atomic E-state index is 11.8. The molecule has 0 spiro atoms. The van der Waals surface area contributed by atoms with Crippen LogP contribution in [0.25, 0.3) is 0 Å². The third-order valence-corrected chi connectivity index (χ3v) is 2.71. The SMILES string of the molecule is CC(C)(C)OC(=O)NC(Cc1ccccc1)[C@H](O)CN. The number of ether oxygens (including phenoxy) is 1. The van der Waals surface area contributed by atoms with E-state index in [1.54, 1.807) is 20.8 Å². The number of carbonyl (C=O) groups excluding carboxylic acids is 1. The molecule has 4 N–H and O–H groups in total. The van der Waals surface area contributed by atoms with Gasteiger partial charge >= 0.3 is 6.09 Å². The van der Waals surface area contributed by atoms with Crippen LogP contribution in [0.5, 0.6) is 0 Å². The standard InChI is InChI=1S/C15H24N2O3/c1-15(2,3)20-14(19)17-12(13(18)10-16)9-11-7-5-4-6-8-11/h4-8,12-13,18H,9-10,16H2,1-3H3,(H,17,19)/t12?,13-/m1/s1. The number of alkyl carbamates (subject to hydrolysis) is 1. The number of aliphatic hydroxyl groups excluding tert-OH is 1. The number of carbonyl (C=O) groups is 1. The molecule has 112 valence electrons. The minimum absolute atomic E-state index is 0.0767. The summed E-state index contributed by atoms with van der Waals surface area (Å²) in [6.07, 6.45) is -0.869. The summed E-state index contributed by atoms with van der Waals surface area (Å²) in [5.41, 5.74) is 5.93. The number of hydrogen-bond acceptors (Lipinski definition) is 4. The lowest BCUT2D eigenvalue weighted by molar-refractivity contribution is 0.0430. The average Bonchev–Trinajstić information content (AvgIpc) is 2.36. The van der Waals surface area contributed by atoms with E-state index < -0.39 is 23.8 Å². The van der Waals surface area contributed by atoms with Gasteiger partial charge in [0.25, 0.3) is 0 Å². The van der Waals surface area contributed by atoms with E-state index in [4.69, 9.17) is 10.5 Å². The Kier molecular flexibility index (Phi) is 5.98. The molecule has 0 saturated heterocycles. The van der Waals surface area contributed by atoms with Gasteiger partial charge in [-0.05, 0) is 32.8 Å². The molecule has 1 amide bonds. The van der Waals surface area contributed by atoms with Crippen LogP contribution >= 0.6 is 0 Å². The quantitative estimate of drug-likeness (QED) is 0.762. The second-order valence-electron chi connectivity index (χ2n) is 5.75. The summed E-state index contributed by atoms with van der Waals surface area (Å²) in [6, 6.07) is 9.14. The summed E-state index contributed by atoms with van der Waals surface area (Å²) in [5.74, 6) is 0. The zero-order valence-corrected chi connectivity index (χ0v) is 12.3. The smallest absolute Gasteiger partial charge is 0.407 e. The molecule has 1 aromatic rings. The van der Waals surface area contributed by atoms with E-state index in [1.165, 1.54) is 0 Å². The zero-order valence-electron chi connectivity index (χ0n) is 12.3. The molecule has 0 aliphatic rings. The van der Waals surface area contributed by atoms with E-state index in [1.807, 2.05) is 30.3 Å². The largest absolute Gasteiger partial charge is 0.444 e. The molecule has 0 heterocycles. The van der Waals surface area contributed by atoms with Crippen LogP contribution in [0.15, 0.2) is 30.3 Å². The van der Waals surface area contributed by atoms with Crippen LogP contribution in [0.3, 0.4) is 0 Å². The molecule has 0 bridgehead atoms. The first-order chi connectivity index (χ1) is 9.31. The van der Waals surface area contributed by atoms with Crippen LogP contribution in [0, 0.1) is 0 Å². The van der Waals surface area contributed by atoms with E-state index in [0.29, 0.717) is 6.42 Å². The number of amides is 1. The molecule has 20 heavy (non-hydrogen) atoms. The maximum Gasteiger partial charge on any atom is 0.407 e. The Balaban J connectivity index is 2.68. The van der Waals surface area contributed by atoms with E-state index in [-0.39, 0.29) is 6.54 Å². The van der Waals surface area contributed by atoms with Crippen molar-refractivity contribution < 1.29 is 14.6 Å². The van der Waals surface area contributed by atoms with Gasteiger partial charge in [-0.2, -0.15) is 0 Å². The zero-order chi connectivity index (χ0) is 15.2. The fourth-order valence-corrected chi connectivity index (χ4v) is 1.77. The van der Waals surface area contributed by atoms with Crippen LogP contribution in [0.1, 0.15) is 26.3 Å². The molecular formula is C15H24N2O3. The van der Waals surface area contributed by atoms with Crippen LogP contribution < -0.4 is 11.1 Å². The van der Waals surface area contributed by atoms with Crippen molar-refractivity contribution in [3.63, 3.8) is 0 Å². The topological polar surface area (TPSA) is 84.6 Å². The van der Waals surface area contributed by atoms with E-state index in [9.17, 15) is 9.90 Å². The molecule has 1 unspecified atom stereocenters. The van der Waals surface area contributed by atoms with Crippen molar-refractivity contribution in [2.75, 3.05) is 6.54 Å². The Morgan fingerprint density at radius 3 is 2.45 bits per heavy atom. The third-order valence-electron chi connectivity index (χ3n) is 2.71. The number of nitrogens with one attached hydrogen (secondary N) is 1. The van der Waals surface area contributed by atoms with Crippen molar-refractivity contribution >= 4 is 6.09 Å². The first-order valence-electron chi connectivity index (χ1n) is 6.73. The van der Waals surface area contributed by atoms with Gasteiger partial charge < -0.3 is 20.9 Å². The van der Waals surface area contributed by atoms with Crippen LogP contribution in [-0.4, -0.2) is 35.5 Å². The maximum absolute atomic E-state index is 11.8. The lowest BCUT2D eigenvalue weighted by Gasteiger charge is -2.26. The molecular weight excluding hydrogens is 256 g/mol. The number of benzene rings is 1. The van der Waals surface area contributed by atoms with Crippen LogP contribution in [0.4, 0.5) is 4.79 Å². The summed E-state index contributed by atoms with van der Waals surface area (Å²) in [5, 5.41) is 12.6. The molecule has 1 aromatic carbocycles. The van der Waals surface area contributed by atoms with Crippen molar-refractivity contribution in [2.45, 2.75) is 44.9 Å².